The molecule has 0 spiro atoms. The lowest BCUT2D eigenvalue weighted by atomic mass is 10.2. The topological polar surface area (TPSA) is 49.4 Å². The largest absolute Gasteiger partial charge is 0.516 e. The summed E-state index contributed by atoms with van der Waals surface area (Å²) in [6, 6.07) is 5.67. The highest BCUT2D eigenvalue weighted by Gasteiger charge is 2.46. The summed E-state index contributed by atoms with van der Waals surface area (Å²) in [6.07, 6.45) is 3.24. The molecule has 1 aromatic rings. The van der Waals surface area contributed by atoms with Crippen LogP contribution in [0, 0.1) is 0 Å². The Morgan fingerprint density at radius 1 is 1.19 bits per heavy atom. The molecule has 1 N–H and O–H groups in total. The van der Waals surface area contributed by atoms with Gasteiger partial charge in [0.15, 0.2) is 0 Å². The molecule has 116 valence electrons. The van der Waals surface area contributed by atoms with E-state index in [1.165, 1.54) is 22.9 Å². The van der Waals surface area contributed by atoms with E-state index in [-0.39, 0.29) is 5.69 Å². The molecule has 0 radical (unpaired) electrons. The van der Waals surface area contributed by atoms with Gasteiger partial charge in [-0.15, -0.1) is 13.2 Å². The molecule has 0 aliphatic heterocycles. The number of anilines is 2. The van der Waals surface area contributed by atoms with E-state index in [2.05, 4.69) is 13.2 Å². The maximum Gasteiger partial charge on any atom is 0.516 e. The molecule has 0 amide bonds. The minimum atomic E-state index is -5.43. The summed E-state index contributed by atoms with van der Waals surface area (Å²) in [6.45, 7) is 8.06. The van der Waals surface area contributed by atoms with E-state index in [9.17, 15) is 21.6 Å². The van der Waals surface area contributed by atoms with Crippen molar-refractivity contribution >= 4 is 21.4 Å². The van der Waals surface area contributed by atoms with Crippen molar-refractivity contribution in [3.63, 3.8) is 0 Å². The van der Waals surface area contributed by atoms with Gasteiger partial charge in [-0.3, -0.25) is 4.72 Å². The number of hydrogen-bond acceptors (Lipinski definition) is 3. The van der Waals surface area contributed by atoms with Gasteiger partial charge >= 0.3 is 15.5 Å². The van der Waals surface area contributed by atoms with Crippen LogP contribution < -0.4 is 9.62 Å². The van der Waals surface area contributed by atoms with Gasteiger partial charge in [-0.05, 0) is 18.2 Å². The fourth-order valence-corrected chi connectivity index (χ4v) is 2.13. The van der Waals surface area contributed by atoms with Crippen molar-refractivity contribution in [3.05, 3.63) is 49.6 Å². The second-order valence-electron chi connectivity index (χ2n) is 4.08. The molecule has 0 bridgehead atoms. The summed E-state index contributed by atoms with van der Waals surface area (Å²) in [5, 5.41) is 0. The molecule has 1 rings (SSSR count). The van der Waals surface area contributed by atoms with Crippen LogP contribution in [-0.4, -0.2) is 27.0 Å². The Morgan fingerprint density at radius 2 is 1.76 bits per heavy atom. The van der Waals surface area contributed by atoms with Gasteiger partial charge in [-0.2, -0.15) is 21.6 Å². The summed E-state index contributed by atoms with van der Waals surface area (Å²) in [5.74, 6) is 0. The third-order valence-corrected chi connectivity index (χ3v) is 3.58. The molecule has 0 heterocycles. The quantitative estimate of drug-likeness (QED) is 0.785. The van der Waals surface area contributed by atoms with Gasteiger partial charge < -0.3 is 4.90 Å². The SMILES string of the molecule is C=CCN(CC=C)c1cccc(NS(=O)(=O)C(F)(F)F)c1. The molecule has 4 nitrogen and oxygen atoms in total. The van der Waals surface area contributed by atoms with Gasteiger partial charge in [-0.25, -0.2) is 0 Å². The van der Waals surface area contributed by atoms with Gasteiger partial charge in [0, 0.05) is 18.8 Å². The Kier molecular flexibility index (Phi) is 5.42. The maximum absolute atomic E-state index is 12.3. The fourth-order valence-electron chi connectivity index (χ4n) is 1.58. The van der Waals surface area contributed by atoms with Crippen molar-refractivity contribution in [2.24, 2.45) is 0 Å². The fraction of sp³-hybridized carbons (Fsp3) is 0.231. The van der Waals surface area contributed by atoms with E-state index in [1.807, 2.05) is 0 Å². The van der Waals surface area contributed by atoms with Gasteiger partial charge in [0.2, 0.25) is 0 Å². The summed E-state index contributed by atoms with van der Waals surface area (Å²) in [4.78, 5) is 1.77. The predicted octanol–water partition coefficient (Wildman–Crippen LogP) is 3.13. The Bertz CT molecular complexity index is 602. The molecular formula is C13H15F3N2O2S. The molecule has 0 atom stereocenters. The highest BCUT2D eigenvalue weighted by Crippen LogP contribution is 2.27. The predicted molar refractivity (Wildman–Crippen MR) is 77.6 cm³/mol. The monoisotopic (exact) mass is 320 g/mol. The Morgan fingerprint density at radius 3 is 2.24 bits per heavy atom. The van der Waals surface area contributed by atoms with E-state index in [4.69, 9.17) is 0 Å². The number of rotatable bonds is 7. The zero-order chi connectivity index (χ0) is 16.1. The van der Waals surface area contributed by atoms with E-state index < -0.39 is 15.5 Å². The molecular weight excluding hydrogens is 305 g/mol. The number of alkyl halides is 3. The smallest absolute Gasteiger partial charge is 0.364 e. The number of benzene rings is 1. The summed E-state index contributed by atoms with van der Waals surface area (Å²) < 4.78 is 60.6. The van der Waals surface area contributed by atoms with Crippen LogP contribution in [0.5, 0.6) is 0 Å². The molecule has 0 saturated carbocycles. The van der Waals surface area contributed by atoms with Crippen LogP contribution in [0.1, 0.15) is 0 Å². The van der Waals surface area contributed by atoms with Crippen LogP contribution in [-0.2, 0) is 10.0 Å². The van der Waals surface area contributed by atoms with Gasteiger partial charge in [0.25, 0.3) is 0 Å². The first-order valence-electron chi connectivity index (χ1n) is 5.87. The standard InChI is InChI=1S/C13H15F3N2O2S/c1-3-8-18(9-4-2)12-7-5-6-11(10-12)17-21(19,20)13(14,15)16/h3-7,10,17H,1-2,8-9H2. The third kappa shape index (κ3) is 4.52. The maximum atomic E-state index is 12.3. The third-order valence-electron chi connectivity index (χ3n) is 2.47. The summed E-state index contributed by atoms with van der Waals surface area (Å²) >= 11 is 0. The minimum absolute atomic E-state index is 0.164. The highest BCUT2D eigenvalue weighted by molar-refractivity contribution is 7.93. The number of hydrogen-bond donors (Lipinski definition) is 1. The van der Waals surface area contributed by atoms with Crippen LogP contribution in [0.4, 0.5) is 24.5 Å². The molecule has 21 heavy (non-hydrogen) atoms. The molecule has 0 unspecified atom stereocenters. The van der Waals surface area contributed by atoms with Crippen LogP contribution in [0.3, 0.4) is 0 Å². The Hall–Kier alpha value is -1.96. The first-order chi connectivity index (χ1) is 9.71. The van der Waals surface area contributed by atoms with E-state index in [1.54, 1.807) is 23.1 Å². The van der Waals surface area contributed by atoms with Crippen molar-refractivity contribution in [2.45, 2.75) is 5.51 Å². The summed E-state index contributed by atoms with van der Waals surface area (Å²) in [7, 11) is -5.43. The lowest BCUT2D eigenvalue weighted by molar-refractivity contribution is -0.0429. The average Bonchev–Trinajstić information content (AvgIpc) is 2.37. The number of nitrogens with one attached hydrogen (secondary N) is 1. The minimum Gasteiger partial charge on any atom is -0.364 e. The average molecular weight is 320 g/mol. The molecule has 1 aromatic carbocycles. The van der Waals surface area contributed by atoms with Gasteiger partial charge in [-0.1, -0.05) is 18.2 Å². The molecule has 0 aromatic heterocycles. The number of nitrogens with zero attached hydrogens (tertiary/aromatic N) is 1. The first-order valence-corrected chi connectivity index (χ1v) is 7.35. The Balaban J connectivity index is 3.05. The van der Waals surface area contributed by atoms with E-state index in [0.29, 0.717) is 18.8 Å². The summed E-state index contributed by atoms with van der Waals surface area (Å²) in [5.41, 5.74) is -4.97. The first kappa shape index (κ1) is 17.1. The number of sulfonamides is 1. The zero-order valence-electron chi connectivity index (χ0n) is 11.1. The van der Waals surface area contributed by atoms with E-state index >= 15 is 0 Å². The zero-order valence-corrected chi connectivity index (χ0v) is 11.9. The van der Waals surface area contributed by atoms with Crippen molar-refractivity contribution in [2.75, 3.05) is 22.7 Å². The highest BCUT2D eigenvalue weighted by atomic mass is 32.2. The van der Waals surface area contributed by atoms with Crippen molar-refractivity contribution < 1.29 is 21.6 Å². The van der Waals surface area contributed by atoms with Crippen LogP contribution >= 0.6 is 0 Å². The second-order valence-corrected chi connectivity index (χ2v) is 5.76. The molecule has 0 fully saturated rings. The molecule has 8 heteroatoms. The van der Waals surface area contributed by atoms with E-state index in [0.717, 1.165) is 0 Å². The lowest BCUT2D eigenvalue weighted by Crippen LogP contribution is -2.30. The normalized spacial score (nSPS) is 11.8. The van der Waals surface area contributed by atoms with Crippen LogP contribution in [0.25, 0.3) is 0 Å². The Labute approximate surface area is 121 Å². The van der Waals surface area contributed by atoms with Crippen LogP contribution in [0.15, 0.2) is 49.6 Å². The molecule has 0 aliphatic rings. The van der Waals surface area contributed by atoms with Crippen LogP contribution in [0.2, 0.25) is 0 Å². The van der Waals surface area contributed by atoms with Crippen molar-refractivity contribution in [1.82, 2.24) is 0 Å². The number of halogens is 3. The van der Waals surface area contributed by atoms with Gasteiger partial charge in [0.05, 0.1) is 5.69 Å². The second kappa shape index (κ2) is 6.66. The molecule has 0 aliphatic carbocycles. The van der Waals surface area contributed by atoms with Crippen molar-refractivity contribution in [1.29, 1.82) is 0 Å². The lowest BCUT2D eigenvalue weighted by Gasteiger charge is -2.22. The van der Waals surface area contributed by atoms with Gasteiger partial charge in [0.1, 0.15) is 0 Å². The van der Waals surface area contributed by atoms with Crippen molar-refractivity contribution in [3.8, 4) is 0 Å². The molecule has 0 saturated heterocycles.